The first-order chi connectivity index (χ1) is 7.91. The van der Waals surface area contributed by atoms with Crippen LogP contribution in [0.3, 0.4) is 0 Å². The second-order valence-corrected chi connectivity index (χ2v) is 10.4. The number of aliphatic hydroxyl groups is 2. The molecular formula is C14H20O2Si. The third-order valence-corrected chi connectivity index (χ3v) is 9.33. The van der Waals surface area contributed by atoms with Gasteiger partial charge in [0.1, 0.15) is 8.07 Å². The van der Waals surface area contributed by atoms with Gasteiger partial charge in [0.05, 0.1) is 10.4 Å². The van der Waals surface area contributed by atoms with Crippen LogP contribution in [0.15, 0.2) is 48.6 Å². The van der Waals surface area contributed by atoms with Crippen molar-refractivity contribution in [2.24, 2.45) is 0 Å². The third-order valence-electron chi connectivity index (χ3n) is 4.26. The van der Waals surface area contributed by atoms with Crippen molar-refractivity contribution >= 4 is 8.07 Å². The topological polar surface area (TPSA) is 40.5 Å². The van der Waals surface area contributed by atoms with E-state index in [4.69, 9.17) is 0 Å². The van der Waals surface area contributed by atoms with Crippen molar-refractivity contribution in [3.05, 3.63) is 48.6 Å². The molecule has 0 amide bonds. The first-order valence-corrected chi connectivity index (χ1v) is 9.05. The Bertz CT molecular complexity index is 382. The Hall–Kier alpha value is -0.903. The van der Waals surface area contributed by atoms with Crippen LogP contribution in [0, 0.1) is 0 Å². The Kier molecular flexibility index (Phi) is 3.02. The van der Waals surface area contributed by atoms with Crippen LogP contribution in [0.25, 0.3) is 0 Å². The molecule has 0 saturated heterocycles. The van der Waals surface area contributed by atoms with Crippen molar-refractivity contribution in [1.82, 2.24) is 0 Å². The molecule has 92 valence electrons. The Balaban J connectivity index is 2.35. The summed E-state index contributed by atoms with van der Waals surface area (Å²) in [5.41, 5.74) is 0. The van der Waals surface area contributed by atoms with Crippen LogP contribution in [0.1, 0.15) is 12.8 Å². The Morgan fingerprint density at radius 3 is 1.53 bits per heavy atom. The Morgan fingerprint density at radius 2 is 1.24 bits per heavy atom. The molecule has 2 unspecified atom stereocenters. The lowest BCUT2D eigenvalue weighted by Crippen LogP contribution is -2.67. The average Bonchev–Trinajstić information content (AvgIpc) is 2.30. The smallest absolute Gasteiger partial charge is 0.132 e. The monoisotopic (exact) mass is 248 g/mol. The number of rotatable bonds is 2. The van der Waals surface area contributed by atoms with E-state index in [1.54, 1.807) is 0 Å². The van der Waals surface area contributed by atoms with Crippen LogP contribution in [0.5, 0.6) is 0 Å². The van der Waals surface area contributed by atoms with Crippen LogP contribution in [-0.4, -0.2) is 28.7 Å². The SMILES string of the molecule is C[Si](C)(C1(O)C=CC=CC1)C1(O)C=CC=CC1. The lowest BCUT2D eigenvalue weighted by atomic mass is 10.1. The molecule has 0 aliphatic heterocycles. The van der Waals surface area contributed by atoms with E-state index in [1.807, 2.05) is 48.6 Å². The standard InChI is InChI=1S/C14H20O2Si/c1-17(2,13(15)9-5-3-6-10-13)14(16)11-7-4-8-12-14/h3-9,11,15-16H,10,12H2,1-2H3. The lowest BCUT2D eigenvalue weighted by molar-refractivity contribution is 0.116. The van der Waals surface area contributed by atoms with Gasteiger partial charge in [0, 0.05) is 0 Å². The quantitative estimate of drug-likeness (QED) is 0.736. The zero-order valence-corrected chi connectivity index (χ0v) is 11.4. The van der Waals surface area contributed by atoms with Gasteiger partial charge in [-0.2, -0.15) is 0 Å². The molecule has 2 aliphatic carbocycles. The highest BCUT2D eigenvalue weighted by molar-refractivity contribution is 6.83. The van der Waals surface area contributed by atoms with E-state index in [9.17, 15) is 10.2 Å². The highest BCUT2D eigenvalue weighted by Crippen LogP contribution is 2.40. The maximum absolute atomic E-state index is 10.8. The van der Waals surface area contributed by atoms with Crippen LogP contribution in [0.2, 0.25) is 13.1 Å². The van der Waals surface area contributed by atoms with Gasteiger partial charge in [0.25, 0.3) is 0 Å². The van der Waals surface area contributed by atoms with Crippen molar-refractivity contribution < 1.29 is 10.2 Å². The van der Waals surface area contributed by atoms with E-state index < -0.39 is 18.5 Å². The highest BCUT2D eigenvalue weighted by atomic mass is 28.3. The van der Waals surface area contributed by atoms with E-state index in [0.29, 0.717) is 12.8 Å². The summed E-state index contributed by atoms with van der Waals surface area (Å²) >= 11 is 0. The normalized spacial score (nSPS) is 36.5. The minimum atomic E-state index is -2.32. The minimum Gasteiger partial charge on any atom is -0.389 e. The maximum Gasteiger partial charge on any atom is 0.132 e. The summed E-state index contributed by atoms with van der Waals surface area (Å²) in [5, 5.41) is 19.9. The summed E-state index contributed by atoms with van der Waals surface area (Å²) in [6, 6.07) is 0. The van der Waals surface area contributed by atoms with E-state index in [0.717, 1.165) is 0 Å². The van der Waals surface area contributed by atoms with Gasteiger partial charge in [0.2, 0.25) is 0 Å². The van der Waals surface area contributed by atoms with Gasteiger partial charge < -0.3 is 10.2 Å². The first-order valence-electron chi connectivity index (χ1n) is 6.05. The van der Waals surface area contributed by atoms with E-state index in [2.05, 4.69) is 13.1 Å². The predicted octanol–water partition coefficient (Wildman–Crippen LogP) is 2.27. The molecule has 17 heavy (non-hydrogen) atoms. The summed E-state index contributed by atoms with van der Waals surface area (Å²) in [6.07, 6.45) is 16.5. The summed E-state index contributed by atoms with van der Waals surface area (Å²) in [7, 11) is -2.32. The summed E-state index contributed by atoms with van der Waals surface area (Å²) in [6.45, 7) is 4.11. The molecule has 2 nitrogen and oxygen atoms in total. The van der Waals surface area contributed by atoms with E-state index in [-0.39, 0.29) is 0 Å². The molecule has 2 rings (SSSR count). The average molecular weight is 248 g/mol. The fraction of sp³-hybridized carbons (Fsp3) is 0.429. The molecule has 0 aromatic heterocycles. The number of hydrogen-bond donors (Lipinski definition) is 2. The van der Waals surface area contributed by atoms with Crippen LogP contribution >= 0.6 is 0 Å². The zero-order valence-electron chi connectivity index (χ0n) is 10.4. The molecule has 0 spiro atoms. The first kappa shape index (κ1) is 12.6. The summed E-state index contributed by atoms with van der Waals surface area (Å²) in [5.74, 6) is 0. The van der Waals surface area contributed by atoms with E-state index in [1.165, 1.54) is 0 Å². The highest BCUT2D eigenvalue weighted by Gasteiger charge is 2.55. The molecule has 2 atom stereocenters. The summed E-state index contributed by atoms with van der Waals surface area (Å²) in [4.78, 5) is 0. The predicted molar refractivity (Wildman–Crippen MR) is 73.2 cm³/mol. The van der Waals surface area contributed by atoms with Crippen LogP contribution < -0.4 is 0 Å². The van der Waals surface area contributed by atoms with Gasteiger partial charge in [-0.25, -0.2) is 0 Å². The number of hydrogen-bond acceptors (Lipinski definition) is 2. The zero-order chi connectivity index (χ0) is 12.6. The third kappa shape index (κ3) is 1.88. The summed E-state index contributed by atoms with van der Waals surface area (Å²) < 4.78 is 0. The molecule has 0 aromatic carbocycles. The molecule has 0 heterocycles. The fourth-order valence-corrected chi connectivity index (χ4v) is 5.55. The minimum absolute atomic E-state index is 0.600. The van der Waals surface area contributed by atoms with Crippen molar-refractivity contribution in [1.29, 1.82) is 0 Å². The lowest BCUT2D eigenvalue weighted by Gasteiger charge is -2.49. The molecule has 2 aliphatic rings. The Morgan fingerprint density at radius 1 is 0.824 bits per heavy atom. The van der Waals surface area contributed by atoms with Crippen molar-refractivity contribution in [2.75, 3.05) is 0 Å². The van der Waals surface area contributed by atoms with Gasteiger partial charge in [-0.1, -0.05) is 61.7 Å². The van der Waals surface area contributed by atoms with E-state index >= 15 is 0 Å². The Labute approximate surface area is 104 Å². The van der Waals surface area contributed by atoms with Gasteiger partial charge >= 0.3 is 0 Å². The van der Waals surface area contributed by atoms with Gasteiger partial charge in [0.15, 0.2) is 0 Å². The molecule has 0 aromatic rings. The van der Waals surface area contributed by atoms with Crippen LogP contribution in [-0.2, 0) is 0 Å². The second-order valence-electron chi connectivity index (χ2n) is 5.46. The fourth-order valence-electron chi connectivity index (χ4n) is 2.52. The van der Waals surface area contributed by atoms with Gasteiger partial charge in [-0.15, -0.1) is 0 Å². The molecular weight excluding hydrogens is 228 g/mol. The molecule has 3 heteroatoms. The van der Waals surface area contributed by atoms with Gasteiger partial charge in [-0.05, 0) is 12.8 Å². The van der Waals surface area contributed by atoms with Crippen molar-refractivity contribution in [2.45, 2.75) is 36.4 Å². The molecule has 2 N–H and O–H groups in total. The van der Waals surface area contributed by atoms with Gasteiger partial charge in [-0.3, -0.25) is 0 Å². The van der Waals surface area contributed by atoms with Crippen molar-refractivity contribution in [3.63, 3.8) is 0 Å². The largest absolute Gasteiger partial charge is 0.389 e. The molecule has 0 saturated carbocycles. The molecule has 0 radical (unpaired) electrons. The van der Waals surface area contributed by atoms with Crippen LogP contribution in [0.4, 0.5) is 0 Å². The molecule has 0 bridgehead atoms. The van der Waals surface area contributed by atoms with Crippen molar-refractivity contribution in [3.8, 4) is 0 Å². The maximum atomic E-state index is 10.8. The number of allylic oxidation sites excluding steroid dienone is 4. The second kappa shape index (κ2) is 4.09. The molecule has 0 fully saturated rings.